The Balaban J connectivity index is 1.61. The zero-order valence-corrected chi connectivity index (χ0v) is 22.8. The predicted octanol–water partition coefficient (Wildman–Crippen LogP) is 5.00. The van der Waals surface area contributed by atoms with Gasteiger partial charge >= 0.3 is 0 Å². The van der Waals surface area contributed by atoms with Crippen LogP contribution in [0.15, 0.2) is 60.9 Å². The van der Waals surface area contributed by atoms with Crippen molar-refractivity contribution < 1.29 is 13.9 Å². The first-order valence-electron chi connectivity index (χ1n) is 12.8. The number of hydrogen-bond acceptors (Lipinski definition) is 5. The second-order valence-electron chi connectivity index (χ2n) is 9.71. The predicted molar refractivity (Wildman–Crippen MR) is 151 cm³/mol. The fourth-order valence-electron chi connectivity index (χ4n) is 4.47. The molecule has 200 valence electrons. The molecular formula is C30H36FN5O2. The smallest absolute Gasteiger partial charge is 0.256 e. The van der Waals surface area contributed by atoms with Crippen molar-refractivity contribution in [3.63, 3.8) is 0 Å². The molecule has 7 nitrogen and oxygen atoms in total. The fraction of sp³-hybridized carbons (Fsp3) is 0.333. The Morgan fingerprint density at radius 2 is 1.74 bits per heavy atom. The number of para-hydroxylation sites is 1. The van der Waals surface area contributed by atoms with Crippen LogP contribution in [0.3, 0.4) is 0 Å². The summed E-state index contributed by atoms with van der Waals surface area (Å²) < 4.78 is 20.5. The monoisotopic (exact) mass is 517 g/mol. The minimum Gasteiger partial charge on any atom is -0.496 e. The number of likely N-dealkylation sites (N-methyl/N-ethyl adjacent to an activating group) is 3. The molecule has 2 aromatic carbocycles. The molecule has 2 heterocycles. The number of aromatic nitrogens is 2. The Hall–Kier alpha value is -3.75. The van der Waals surface area contributed by atoms with Gasteiger partial charge in [-0.05, 0) is 57.9 Å². The molecule has 0 saturated carbocycles. The molecule has 0 aliphatic carbocycles. The highest BCUT2D eigenvalue weighted by molar-refractivity contribution is 5.98. The molecule has 4 rings (SSSR count). The van der Waals surface area contributed by atoms with E-state index in [0.29, 0.717) is 19.6 Å². The molecule has 0 saturated heterocycles. The van der Waals surface area contributed by atoms with Crippen LogP contribution in [-0.2, 0) is 0 Å². The Morgan fingerprint density at radius 3 is 2.47 bits per heavy atom. The van der Waals surface area contributed by atoms with Crippen molar-refractivity contribution in [3.8, 4) is 28.0 Å². The standard InChI is InChI=1S/C30H36FN5O2/c1-6-36(16-15-35(4)14-13-34(2)3)30(37)25-17-21(11-12-27(25)31)22-18-24-26(20-33-29(24)32-19-22)23-9-7-8-10-28(23)38-5/h7-12,17-20H,6,13-16H2,1-5H3,(H,32,33). The molecule has 0 bridgehead atoms. The molecule has 38 heavy (non-hydrogen) atoms. The average Bonchev–Trinajstić information content (AvgIpc) is 3.35. The largest absolute Gasteiger partial charge is 0.496 e. The molecule has 1 amide bonds. The number of H-pyrrole nitrogens is 1. The number of amides is 1. The van der Waals surface area contributed by atoms with Crippen LogP contribution in [0.1, 0.15) is 17.3 Å². The van der Waals surface area contributed by atoms with Crippen molar-refractivity contribution in [1.82, 2.24) is 24.7 Å². The van der Waals surface area contributed by atoms with Crippen molar-refractivity contribution >= 4 is 16.9 Å². The number of carbonyl (C=O) groups excluding carboxylic acids is 1. The van der Waals surface area contributed by atoms with Gasteiger partial charge in [0.1, 0.15) is 17.2 Å². The summed E-state index contributed by atoms with van der Waals surface area (Å²) in [5.41, 5.74) is 4.25. The third kappa shape index (κ3) is 6.03. The van der Waals surface area contributed by atoms with Crippen molar-refractivity contribution in [1.29, 1.82) is 0 Å². The fourth-order valence-corrected chi connectivity index (χ4v) is 4.47. The van der Waals surface area contributed by atoms with E-state index in [4.69, 9.17) is 4.74 Å². The Bertz CT molecular complexity index is 1400. The second-order valence-corrected chi connectivity index (χ2v) is 9.71. The molecule has 0 spiro atoms. The van der Waals surface area contributed by atoms with Crippen LogP contribution < -0.4 is 4.74 Å². The third-order valence-corrected chi connectivity index (χ3v) is 6.81. The summed E-state index contributed by atoms with van der Waals surface area (Å²) >= 11 is 0. The van der Waals surface area contributed by atoms with E-state index in [2.05, 4.69) is 19.8 Å². The van der Waals surface area contributed by atoms with Gasteiger partial charge in [0.2, 0.25) is 0 Å². The van der Waals surface area contributed by atoms with Crippen LogP contribution in [0.4, 0.5) is 4.39 Å². The first-order chi connectivity index (χ1) is 18.3. The summed E-state index contributed by atoms with van der Waals surface area (Å²) in [5, 5.41) is 0.917. The summed E-state index contributed by atoms with van der Waals surface area (Å²) in [6, 6.07) is 14.5. The van der Waals surface area contributed by atoms with Gasteiger partial charge in [-0.15, -0.1) is 0 Å². The highest BCUT2D eigenvalue weighted by Crippen LogP contribution is 2.36. The molecule has 0 radical (unpaired) electrons. The van der Waals surface area contributed by atoms with Crippen LogP contribution >= 0.6 is 0 Å². The lowest BCUT2D eigenvalue weighted by molar-refractivity contribution is 0.0744. The van der Waals surface area contributed by atoms with Gasteiger partial charge in [0.05, 0.1) is 12.7 Å². The maximum atomic E-state index is 14.9. The number of hydrogen-bond donors (Lipinski definition) is 1. The molecule has 0 aliphatic heterocycles. The SMILES string of the molecule is CCN(CCN(C)CCN(C)C)C(=O)c1cc(-c2cnc3[nH]cc(-c4ccccc4OC)c3c2)ccc1F. The van der Waals surface area contributed by atoms with Crippen LogP contribution in [0.5, 0.6) is 5.75 Å². The number of methoxy groups -OCH3 is 1. The van der Waals surface area contributed by atoms with Crippen LogP contribution in [0, 0.1) is 5.82 Å². The van der Waals surface area contributed by atoms with Gasteiger partial charge in [-0.25, -0.2) is 9.37 Å². The molecule has 0 aliphatic rings. The number of halogens is 1. The van der Waals surface area contributed by atoms with Gasteiger partial charge < -0.3 is 24.4 Å². The summed E-state index contributed by atoms with van der Waals surface area (Å²) in [6.45, 7) is 5.50. The first-order valence-corrected chi connectivity index (χ1v) is 12.8. The minimum absolute atomic E-state index is 0.0689. The molecule has 0 fully saturated rings. The number of benzene rings is 2. The zero-order chi connectivity index (χ0) is 27.2. The summed E-state index contributed by atoms with van der Waals surface area (Å²) in [7, 11) is 7.75. The van der Waals surface area contributed by atoms with Gasteiger partial charge in [0.25, 0.3) is 5.91 Å². The highest BCUT2D eigenvalue weighted by atomic mass is 19.1. The number of ether oxygens (including phenoxy) is 1. The van der Waals surface area contributed by atoms with Gasteiger partial charge in [-0.1, -0.05) is 24.3 Å². The Labute approximate surface area is 223 Å². The summed E-state index contributed by atoms with van der Waals surface area (Å²) in [6.07, 6.45) is 3.65. The first kappa shape index (κ1) is 27.3. The number of nitrogens with one attached hydrogen (secondary N) is 1. The average molecular weight is 518 g/mol. The molecule has 1 N–H and O–H groups in total. The van der Waals surface area contributed by atoms with Gasteiger partial charge in [0.15, 0.2) is 0 Å². The molecule has 4 aromatic rings. The van der Waals surface area contributed by atoms with E-state index in [0.717, 1.165) is 52.1 Å². The van der Waals surface area contributed by atoms with Crippen molar-refractivity contribution in [3.05, 3.63) is 72.3 Å². The Kier molecular flexibility index (Phi) is 8.76. The highest BCUT2D eigenvalue weighted by Gasteiger charge is 2.20. The van der Waals surface area contributed by atoms with Crippen LogP contribution in [0.25, 0.3) is 33.3 Å². The summed E-state index contributed by atoms with van der Waals surface area (Å²) in [4.78, 5) is 27.2. The van der Waals surface area contributed by atoms with Crippen molar-refractivity contribution in [2.45, 2.75) is 6.92 Å². The topological polar surface area (TPSA) is 64.7 Å². The maximum absolute atomic E-state index is 14.9. The van der Waals surface area contributed by atoms with E-state index in [1.165, 1.54) is 6.07 Å². The number of carbonyl (C=O) groups is 1. The van der Waals surface area contributed by atoms with E-state index in [1.807, 2.05) is 64.6 Å². The quantitative estimate of drug-likeness (QED) is 0.303. The lowest BCUT2D eigenvalue weighted by Crippen LogP contribution is -2.39. The van der Waals surface area contributed by atoms with E-state index < -0.39 is 5.82 Å². The maximum Gasteiger partial charge on any atom is 0.256 e. The van der Waals surface area contributed by atoms with Gasteiger partial charge in [0, 0.05) is 67.2 Å². The second kappa shape index (κ2) is 12.2. The lowest BCUT2D eigenvalue weighted by atomic mass is 10.00. The molecule has 2 aromatic heterocycles. The molecule has 8 heteroatoms. The van der Waals surface area contributed by atoms with Gasteiger partial charge in [-0.2, -0.15) is 0 Å². The normalized spacial score (nSPS) is 11.5. The number of fused-ring (bicyclic) bond motifs is 1. The van der Waals surface area contributed by atoms with E-state index >= 15 is 0 Å². The van der Waals surface area contributed by atoms with Crippen LogP contribution in [-0.4, -0.2) is 91.6 Å². The molecular weight excluding hydrogens is 481 g/mol. The molecule has 0 atom stereocenters. The van der Waals surface area contributed by atoms with Crippen LogP contribution in [0.2, 0.25) is 0 Å². The molecule has 0 unspecified atom stereocenters. The van der Waals surface area contributed by atoms with Gasteiger partial charge in [-0.3, -0.25) is 4.79 Å². The lowest BCUT2D eigenvalue weighted by Gasteiger charge is -2.25. The van der Waals surface area contributed by atoms with E-state index in [1.54, 1.807) is 30.3 Å². The third-order valence-electron chi connectivity index (χ3n) is 6.81. The minimum atomic E-state index is -0.524. The number of pyridine rings is 1. The van der Waals surface area contributed by atoms with Crippen molar-refractivity contribution in [2.24, 2.45) is 0 Å². The Morgan fingerprint density at radius 1 is 0.974 bits per heavy atom. The van der Waals surface area contributed by atoms with E-state index in [9.17, 15) is 9.18 Å². The number of rotatable bonds is 11. The summed E-state index contributed by atoms with van der Waals surface area (Å²) in [5.74, 6) is -0.0673. The zero-order valence-electron chi connectivity index (χ0n) is 22.8. The number of aromatic amines is 1. The van der Waals surface area contributed by atoms with Crippen molar-refractivity contribution in [2.75, 3.05) is 61.0 Å². The number of nitrogens with zero attached hydrogens (tertiary/aromatic N) is 4. The van der Waals surface area contributed by atoms with E-state index in [-0.39, 0.29) is 11.5 Å².